The molecule has 18 heavy (non-hydrogen) atoms. The molecular formula is C10H21N3O4S. The number of carbonyl (C=O) groups excluding carboxylic acids is 2. The summed E-state index contributed by atoms with van der Waals surface area (Å²) in [5.41, 5.74) is 5.56. The third-order valence-electron chi connectivity index (χ3n) is 2.32. The molecule has 0 unspecified atom stereocenters. The Labute approximate surface area is 108 Å². The molecule has 0 aromatic heterocycles. The number of carbonyl (C=O) groups is 2. The largest absolute Gasteiger partial charge is 0.346 e. The Morgan fingerprint density at radius 1 is 1.17 bits per heavy atom. The van der Waals surface area contributed by atoms with Crippen LogP contribution in [0, 0.1) is 5.92 Å². The van der Waals surface area contributed by atoms with Gasteiger partial charge in [0.15, 0.2) is 0 Å². The predicted octanol–water partition coefficient (Wildman–Crippen LogP) is -1.06. The van der Waals surface area contributed by atoms with Crippen LogP contribution in [0.4, 0.5) is 0 Å². The summed E-state index contributed by atoms with van der Waals surface area (Å²) in [4.78, 5) is 22.7. The lowest BCUT2D eigenvalue weighted by Gasteiger charge is -2.15. The van der Waals surface area contributed by atoms with E-state index in [0.717, 1.165) is 0 Å². The van der Waals surface area contributed by atoms with Crippen LogP contribution >= 0.6 is 0 Å². The summed E-state index contributed by atoms with van der Waals surface area (Å²) in [6.07, 6.45) is 0. The van der Waals surface area contributed by atoms with Gasteiger partial charge in [-0.15, -0.1) is 0 Å². The number of nitrogens with two attached hydrogens (primary N) is 1. The van der Waals surface area contributed by atoms with Gasteiger partial charge in [0.25, 0.3) is 5.91 Å². The molecule has 0 heterocycles. The van der Waals surface area contributed by atoms with Gasteiger partial charge in [0.05, 0.1) is 17.8 Å². The normalized spacial score (nSPS) is 13.5. The molecule has 106 valence electrons. The zero-order valence-corrected chi connectivity index (χ0v) is 11.9. The Morgan fingerprint density at radius 2 is 1.67 bits per heavy atom. The van der Waals surface area contributed by atoms with Gasteiger partial charge >= 0.3 is 0 Å². The fourth-order valence-corrected chi connectivity index (χ4v) is 1.53. The van der Waals surface area contributed by atoms with Gasteiger partial charge in [-0.05, 0) is 19.8 Å². The van der Waals surface area contributed by atoms with Gasteiger partial charge in [-0.3, -0.25) is 14.3 Å². The van der Waals surface area contributed by atoms with E-state index in [1.54, 1.807) is 13.8 Å². The number of amides is 2. The molecule has 2 amide bonds. The van der Waals surface area contributed by atoms with Crippen molar-refractivity contribution in [3.05, 3.63) is 0 Å². The molecule has 8 heteroatoms. The van der Waals surface area contributed by atoms with Crippen LogP contribution in [0.1, 0.15) is 27.7 Å². The summed E-state index contributed by atoms with van der Waals surface area (Å²) >= 11 is 0. The Balaban J connectivity index is 4.26. The summed E-state index contributed by atoms with van der Waals surface area (Å²) in [5.74, 6) is -1.33. The number of rotatable bonds is 6. The molecule has 0 aliphatic heterocycles. The molecule has 0 radical (unpaired) electrons. The van der Waals surface area contributed by atoms with Crippen molar-refractivity contribution in [3.63, 3.8) is 0 Å². The third kappa shape index (κ3) is 5.46. The Hall–Kier alpha value is -1.15. The first-order chi connectivity index (χ1) is 8.08. The Morgan fingerprint density at radius 3 is 2.06 bits per heavy atom. The fraction of sp³-hybridized carbons (Fsp3) is 0.800. The zero-order valence-electron chi connectivity index (χ0n) is 11.1. The smallest absolute Gasteiger partial charge is 0.252 e. The van der Waals surface area contributed by atoms with Crippen LogP contribution in [0.5, 0.6) is 0 Å². The van der Waals surface area contributed by atoms with E-state index < -0.39 is 39.7 Å². The average Bonchev–Trinajstić information content (AvgIpc) is 2.23. The second kappa shape index (κ2) is 6.69. The number of sulfonamides is 1. The molecule has 7 nitrogen and oxygen atoms in total. The topological polar surface area (TPSA) is 118 Å². The standard InChI is InChI=1S/C10H21N3O4S/c1-6(2)9(11)10(15)12-5-8(14)13-18(16,17)7(3)4/h6-7,9H,5,11H2,1-4H3,(H,12,15)(H,13,14)/t9-/m0/s1. The second-order valence-electron chi connectivity index (χ2n) is 4.61. The first-order valence-electron chi connectivity index (χ1n) is 5.65. The first kappa shape index (κ1) is 16.9. The van der Waals surface area contributed by atoms with Gasteiger partial charge in [-0.25, -0.2) is 8.42 Å². The van der Waals surface area contributed by atoms with Crippen LogP contribution in [0.15, 0.2) is 0 Å². The SMILES string of the molecule is CC(C)[C@H](N)C(=O)NCC(=O)NS(=O)(=O)C(C)C. The van der Waals surface area contributed by atoms with Crippen molar-refractivity contribution in [2.75, 3.05) is 6.54 Å². The number of hydrogen-bond acceptors (Lipinski definition) is 5. The van der Waals surface area contributed by atoms with Crippen LogP contribution in [-0.2, 0) is 19.6 Å². The Kier molecular flexibility index (Phi) is 6.27. The van der Waals surface area contributed by atoms with Crippen molar-refractivity contribution in [3.8, 4) is 0 Å². The molecule has 0 saturated heterocycles. The molecule has 0 aliphatic rings. The van der Waals surface area contributed by atoms with Crippen molar-refractivity contribution < 1.29 is 18.0 Å². The van der Waals surface area contributed by atoms with E-state index >= 15 is 0 Å². The van der Waals surface area contributed by atoms with Gasteiger partial charge in [-0.2, -0.15) is 0 Å². The first-order valence-corrected chi connectivity index (χ1v) is 7.20. The van der Waals surface area contributed by atoms with Crippen molar-refractivity contribution >= 4 is 21.8 Å². The minimum Gasteiger partial charge on any atom is -0.346 e. The van der Waals surface area contributed by atoms with E-state index in [1.807, 2.05) is 4.72 Å². The van der Waals surface area contributed by atoms with Crippen LogP contribution < -0.4 is 15.8 Å². The van der Waals surface area contributed by atoms with Crippen LogP contribution in [0.3, 0.4) is 0 Å². The van der Waals surface area contributed by atoms with Crippen LogP contribution in [-0.4, -0.2) is 38.1 Å². The van der Waals surface area contributed by atoms with E-state index in [0.29, 0.717) is 0 Å². The van der Waals surface area contributed by atoms with Crippen LogP contribution in [0.2, 0.25) is 0 Å². The highest BCUT2D eigenvalue weighted by Crippen LogP contribution is 1.98. The molecule has 0 saturated carbocycles. The molecule has 0 aromatic carbocycles. The summed E-state index contributed by atoms with van der Waals surface area (Å²) in [6, 6.07) is -0.723. The molecule has 4 N–H and O–H groups in total. The lowest BCUT2D eigenvalue weighted by molar-refractivity contribution is -0.126. The maximum atomic E-state index is 11.4. The van der Waals surface area contributed by atoms with Crippen molar-refractivity contribution in [1.82, 2.24) is 10.0 Å². The van der Waals surface area contributed by atoms with Gasteiger partial charge in [0.2, 0.25) is 15.9 Å². The molecule has 1 atom stereocenters. The summed E-state index contributed by atoms with van der Waals surface area (Å²) < 4.78 is 24.6. The second-order valence-corrected chi connectivity index (χ2v) is 6.84. The summed E-state index contributed by atoms with van der Waals surface area (Å²) in [7, 11) is -3.66. The highest BCUT2D eigenvalue weighted by Gasteiger charge is 2.21. The molecule has 0 spiro atoms. The minimum atomic E-state index is -3.66. The summed E-state index contributed by atoms with van der Waals surface area (Å²) in [6.45, 7) is 6.03. The highest BCUT2D eigenvalue weighted by atomic mass is 32.2. The number of hydrogen-bond donors (Lipinski definition) is 3. The van der Waals surface area contributed by atoms with Crippen molar-refractivity contribution in [1.29, 1.82) is 0 Å². The van der Waals surface area contributed by atoms with E-state index in [9.17, 15) is 18.0 Å². The molecule has 0 fully saturated rings. The molecule has 0 bridgehead atoms. The third-order valence-corrected chi connectivity index (χ3v) is 4.07. The number of nitrogens with one attached hydrogen (secondary N) is 2. The van der Waals surface area contributed by atoms with Crippen molar-refractivity contribution in [2.24, 2.45) is 11.7 Å². The van der Waals surface area contributed by atoms with Gasteiger partial charge < -0.3 is 11.1 Å². The molecule has 0 rings (SSSR count). The van der Waals surface area contributed by atoms with Gasteiger partial charge in [-0.1, -0.05) is 13.8 Å². The lowest BCUT2D eigenvalue weighted by Crippen LogP contribution is -2.48. The van der Waals surface area contributed by atoms with Crippen LogP contribution in [0.25, 0.3) is 0 Å². The fourth-order valence-electron chi connectivity index (χ4n) is 0.901. The zero-order chi connectivity index (χ0) is 14.5. The molecular weight excluding hydrogens is 258 g/mol. The Bertz CT molecular complexity index is 403. The van der Waals surface area contributed by atoms with Gasteiger partial charge in [0.1, 0.15) is 0 Å². The minimum absolute atomic E-state index is 0.0625. The predicted molar refractivity (Wildman–Crippen MR) is 68.0 cm³/mol. The maximum Gasteiger partial charge on any atom is 0.252 e. The summed E-state index contributed by atoms with van der Waals surface area (Å²) in [5, 5.41) is 1.57. The molecule has 0 aliphatic carbocycles. The van der Waals surface area contributed by atoms with E-state index in [4.69, 9.17) is 5.73 Å². The van der Waals surface area contributed by atoms with E-state index in [1.165, 1.54) is 13.8 Å². The van der Waals surface area contributed by atoms with E-state index in [-0.39, 0.29) is 5.92 Å². The average molecular weight is 279 g/mol. The van der Waals surface area contributed by atoms with Crippen molar-refractivity contribution in [2.45, 2.75) is 39.0 Å². The monoisotopic (exact) mass is 279 g/mol. The quantitative estimate of drug-likeness (QED) is 0.572. The molecule has 0 aromatic rings. The lowest BCUT2D eigenvalue weighted by atomic mass is 10.1. The highest BCUT2D eigenvalue weighted by molar-refractivity contribution is 7.90. The van der Waals surface area contributed by atoms with Gasteiger partial charge in [0, 0.05) is 0 Å². The maximum absolute atomic E-state index is 11.4. The van der Waals surface area contributed by atoms with E-state index in [2.05, 4.69) is 5.32 Å².